The van der Waals surface area contributed by atoms with E-state index in [4.69, 9.17) is 14.2 Å². The topological polar surface area (TPSA) is 48.0 Å². The summed E-state index contributed by atoms with van der Waals surface area (Å²) in [5, 5.41) is 0. The maximum atomic E-state index is 12.4. The normalized spacial score (nSPS) is 17.7. The zero-order valence-corrected chi connectivity index (χ0v) is 16.4. The molecule has 3 rings (SSSR count). The smallest absolute Gasteiger partial charge is 0.310 e. The van der Waals surface area contributed by atoms with Gasteiger partial charge in [-0.2, -0.15) is 0 Å². The summed E-state index contributed by atoms with van der Waals surface area (Å²) in [4.78, 5) is 14.7. The van der Waals surface area contributed by atoms with Crippen molar-refractivity contribution in [2.45, 2.75) is 25.9 Å². The second-order valence-electron chi connectivity index (χ2n) is 6.87. The van der Waals surface area contributed by atoms with Crippen molar-refractivity contribution in [3.8, 4) is 11.5 Å². The molecule has 0 saturated heterocycles. The minimum absolute atomic E-state index is 0.0822. The summed E-state index contributed by atoms with van der Waals surface area (Å²) in [6, 6.07) is 14.3. The van der Waals surface area contributed by atoms with Gasteiger partial charge in [-0.05, 0) is 35.2 Å². The lowest BCUT2D eigenvalue weighted by molar-refractivity contribution is -0.147. The van der Waals surface area contributed by atoms with Gasteiger partial charge in [0.2, 0.25) is 0 Å². The maximum absolute atomic E-state index is 12.4. The first-order valence-electron chi connectivity index (χ1n) is 9.19. The number of methoxy groups -OCH3 is 3. The van der Waals surface area contributed by atoms with Crippen LogP contribution in [0.25, 0.3) is 0 Å². The molecule has 0 bridgehead atoms. The Morgan fingerprint density at radius 1 is 1.11 bits per heavy atom. The summed E-state index contributed by atoms with van der Waals surface area (Å²) in [5.41, 5.74) is 3.52. The van der Waals surface area contributed by atoms with Crippen LogP contribution in [0, 0.1) is 5.92 Å². The predicted molar refractivity (Wildman–Crippen MR) is 104 cm³/mol. The molecule has 0 fully saturated rings. The van der Waals surface area contributed by atoms with Crippen LogP contribution in [0.4, 0.5) is 0 Å². The van der Waals surface area contributed by atoms with Crippen molar-refractivity contribution in [3.05, 3.63) is 59.2 Å². The van der Waals surface area contributed by atoms with Crippen LogP contribution >= 0.6 is 0 Å². The zero-order chi connectivity index (χ0) is 19.4. The fourth-order valence-electron chi connectivity index (χ4n) is 3.92. The summed E-state index contributed by atoms with van der Waals surface area (Å²) in [6.07, 6.45) is 0.896. The molecule has 0 saturated carbocycles. The molecule has 5 nitrogen and oxygen atoms in total. The molecule has 0 amide bonds. The molecule has 27 heavy (non-hydrogen) atoms. The van der Waals surface area contributed by atoms with Crippen LogP contribution in [0.2, 0.25) is 0 Å². The summed E-state index contributed by atoms with van der Waals surface area (Å²) in [6.45, 7) is 3.57. The number of carbonyl (C=O) groups is 1. The summed E-state index contributed by atoms with van der Waals surface area (Å²) < 4.78 is 16.0. The number of fused-ring (bicyclic) bond motifs is 1. The van der Waals surface area contributed by atoms with Gasteiger partial charge < -0.3 is 14.2 Å². The van der Waals surface area contributed by atoms with Gasteiger partial charge in [-0.15, -0.1) is 0 Å². The van der Waals surface area contributed by atoms with Gasteiger partial charge in [-0.1, -0.05) is 37.3 Å². The van der Waals surface area contributed by atoms with E-state index in [1.807, 2.05) is 37.3 Å². The Labute approximate surface area is 160 Å². The molecule has 1 heterocycles. The molecular weight excluding hydrogens is 342 g/mol. The van der Waals surface area contributed by atoms with E-state index in [2.05, 4.69) is 17.0 Å². The lowest BCUT2D eigenvalue weighted by atomic mass is 9.84. The molecule has 2 aromatic rings. The monoisotopic (exact) mass is 369 g/mol. The second kappa shape index (κ2) is 8.44. The van der Waals surface area contributed by atoms with Gasteiger partial charge in [0.25, 0.3) is 0 Å². The third kappa shape index (κ3) is 3.93. The molecular formula is C22H27NO4. The Kier molecular flexibility index (Phi) is 6.01. The number of nitrogens with zero attached hydrogens (tertiary/aromatic N) is 1. The molecule has 0 aromatic heterocycles. The Bertz CT molecular complexity index is 790. The highest BCUT2D eigenvalue weighted by Crippen LogP contribution is 2.42. The van der Waals surface area contributed by atoms with E-state index >= 15 is 0 Å². The molecule has 2 aromatic carbocycles. The Morgan fingerprint density at radius 2 is 1.78 bits per heavy atom. The highest BCUT2D eigenvalue weighted by Gasteiger charge is 2.36. The second-order valence-corrected chi connectivity index (χ2v) is 6.87. The molecule has 5 heteroatoms. The fourth-order valence-corrected chi connectivity index (χ4v) is 3.92. The van der Waals surface area contributed by atoms with E-state index in [-0.39, 0.29) is 17.9 Å². The van der Waals surface area contributed by atoms with Gasteiger partial charge in [0.1, 0.15) is 0 Å². The van der Waals surface area contributed by atoms with Crippen molar-refractivity contribution in [1.82, 2.24) is 4.90 Å². The van der Waals surface area contributed by atoms with Crippen molar-refractivity contribution >= 4 is 5.97 Å². The number of esters is 1. The van der Waals surface area contributed by atoms with Crippen molar-refractivity contribution in [2.75, 3.05) is 27.9 Å². The van der Waals surface area contributed by atoms with Gasteiger partial charge in [-0.3, -0.25) is 9.69 Å². The lowest BCUT2D eigenvalue weighted by Gasteiger charge is -2.40. The van der Waals surface area contributed by atoms with Crippen molar-refractivity contribution < 1.29 is 19.0 Å². The van der Waals surface area contributed by atoms with Gasteiger partial charge in [0.05, 0.1) is 27.2 Å². The number of rotatable bonds is 6. The van der Waals surface area contributed by atoms with E-state index in [0.29, 0.717) is 5.75 Å². The molecule has 144 valence electrons. The van der Waals surface area contributed by atoms with E-state index < -0.39 is 0 Å². The molecule has 0 spiro atoms. The predicted octanol–water partition coefficient (Wildman–Crippen LogP) is 3.61. The van der Waals surface area contributed by atoms with E-state index in [1.165, 1.54) is 18.2 Å². The minimum Gasteiger partial charge on any atom is -0.493 e. The Balaban J connectivity index is 2.03. The van der Waals surface area contributed by atoms with Crippen molar-refractivity contribution in [3.63, 3.8) is 0 Å². The van der Waals surface area contributed by atoms with Gasteiger partial charge in [0, 0.05) is 19.1 Å². The molecule has 1 aliphatic rings. The molecule has 0 N–H and O–H groups in total. The summed E-state index contributed by atoms with van der Waals surface area (Å²) in [5.74, 6) is 0.897. The van der Waals surface area contributed by atoms with E-state index in [9.17, 15) is 4.79 Å². The van der Waals surface area contributed by atoms with Crippen LogP contribution in [0.5, 0.6) is 11.5 Å². The number of ether oxygens (including phenoxy) is 3. The SMILES string of the molecule is COC(=O)C(C)C1c2cc(OC)c(OC)cc2CCN1Cc1ccccc1. The average molecular weight is 369 g/mol. The van der Waals surface area contributed by atoms with Crippen LogP contribution < -0.4 is 9.47 Å². The van der Waals surface area contributed by atoms with Gasteiger partial charge >= 0.3 is 5.97 Å². The molecule has 1 aliphatic heterocycles. The first kappa shape index (κ1) is 19.2. The van der Waals surface area contributed by atoms with Crippen molar-refractivity contribution in [1.29, 1.82) is 0 Å². The standard InChI is InChI=1S/C22H27NO4/c1-15(22(24)27-4)21-18-13-20(26-3)19(25-2)12-17(18)10-11-23(21)14-16-8-6-5-7-9-16/h5-9,12-13,15,21H,10-11,14H2,1-4H3. The third-order valence-corrected chi connectivity index (χ3v) is 5.30. The molecule has 2 unspecified atom stereocenters. The number of hydrogen-bond donors (Lipinski definition) is 0. The zero-order valence-electron chi connectivity index (χ0n) is 16.4. The van der Waals surface area contributed by atoms with Crippen LogP contribution in [0.1, 0.15) is 29.7 Å². The number of carbonyl (C=O) groups excluding carboxylic acids is 1. The first-order valence-corrected chi connectivity index (χ1v) is 9.19. The van der Waals surface area contributed by atoms with Crippen LogP contribution in [0.3, 0.4) is 0 Å². The Hall–Kier alpha value is -2.53. The van der Waals surface area contributed by atoms with Crippen molar-refractivity contribution in [2.24, 2.45) is 5.92 Å². The molecule has 2 atom stereocenters. The minimum atomic E-state index is -0.295. The lowest BCUT2D eigenvalue weighted by Crippen LogP contribution is -2.40. The van der Waals surface area contributed by atoms with Gasteiger partial charge in [0.15, 0.2) is 11.5 Å². The third-order valence-electron chi connectivity index (χ3n) is 5.30. The summed E-state index contributed by atoms with van der Waals surface area (Å²) in [7, 11) is 4.72. The molecule has 0 radical (unpaired) electrons. The number of benzene rings is 2. The van der Waals surface area contributed by atoms with Crippen LogP contribution in [0.15, 0.2) is 42.5 Å². The fraction of sp³-hybridized carbons (Fsp3) is 0.409. The summed E-state index contributed by atoms with van der Waals surface area (Å²) >= 11 is 0. The van der Waals surface area contributed by atoms with E-state index in [1.54, 1.807) is 14.2 Å². The number of hydrogen-bond acceptors (Lipinski definition) is 5. The highest BCUT2D eigenvalue weighted by atomic mass is 16.5. The van der Waals surface area contributed by atoms with E-state index in [0.717, 1.165) is 30.8 Å². The highest BCUT2D eigenvalue weighted by molar-refractivity contribution is 5.73. The molecule has 0 aliphatic carbocycles. The maximum Gasteiger partial charge on any atom is 0.310 e. The quantitative estimate of drug-likeness (QED) is 0.728. The van der Waals surface area contributed by atoms with Crippen LogP contribution in [-0.4, -0.2) is 38.7 Å². The largest absolute Gasteiger partial charge is 0.493 e. The average Bonchev–Trinajstić information content (AvgIpc) is 2.72. The first-order chi connectivity index (χ1) is 13.1. The van der Waals surface area contributed by atoms with Gasteiger partial charge in [-0.25, -0.2) is 0 Å². The van der Waals surface area contributed by atoms with Crippen LogP contribution in [-0.2, 0) is 22.5 Å². The Morgan fingerprint density at radius 3 is 2.41 bits per heavy atom.